The van der Waals surface area contributed by atoms with E-state index in [9.17, 15) is 0 Å². The van der Waals surface area contributed by atoms with Crippen molar-refractivity contribution in [2.75, 3.05) is 4.90 Å². The van der Waals surface area contributed by atoms with E-state index in [0.717, 1.165) is 46.7 Å². The Morgan fingerprint density at radius 2 is 1.24 bits per heavy atom. The summed E-state index contributed by atoms with van der Waals surface area (Å²) in [6.45, 7) is 13.2. The summed E-state index contributed by atoms with van der Waals surface area (Å²) < 4.78 is 6.47. The second-order valence-corrected chi connectivity index (χ2v) is 15.6. The van der Waals surface area contributed by atoms with Gasteiger partial charge in [-0.1, -0.05) is 183 Å². The molecule has 284 valence electrons. The van der Waals surface area contributed by atoms with Gasteiger partial charge in [0.05, 0.1) is 17.0 Å². The minimum absolute atomic E-state index is 0.0757. The number of fused-ring (bicyclic) bond motifs is 7. The maximum Gasteiger partial charge on any atom is 0.128 e. The third-order valence-corrected chi connectivity index (χ3v) is 12.5. The first-order chi connectivity index (χ1) is 29.1. The molecule has 8 aromatic rings. The molecule has 0 saturated carbocycles. The van der Waals surface area contributed by atoms with Crippen LogP contribution in [-0.2, 0) is 5.41 Å². The molecular formula is C57H45NO. The van der Waals surface area contributed by atoms with Crippen LogP contribution in [0, 0.1) is 0 Å². The van der Waals surface area contributed by atoms with Gasteiger partial charge in [0.25, 0.3) is 0 Å². The van der Waals surface area contributed by atoms with Crippen LogP contribution in [0.15, 0.2) is 231 Å². The van der Waals surface area contributed by atoms with Crippen molar-refractivity contribution in [1.29, 1.82) is 0 Å². The molecule has 2 atom stereocenters. The van der Waals surface area contributed by atoms with Crippen molar-refractivity contribution >= 4 is 32.9 Å². The highest BCUT2D eigenvalue weighted by Crippen LogP contribution is 2.57. The highest BCUT2D eigenvalue weighted by atomic mass is 16.5. The molecule has 0 amide bonds. The molecule has 0 bridgehead atoms. The SMILES string of the molecule is C=CCC/C(=C/N(c1ccc2c(c1)C(c1ccccc1)(c1ccccc1)c1ccccc1-2)c1cc2ccccc2c2ccccc12)C(=C)C1c2ccccc2OC1C=C. The first-order valence-corrected chi connectivity index (χ1v) is 20.6. The first kappa shape index (κ1) is 36.2. The second-order valence-electron chi connectivity index (χ2n) is 15.6. The summed E-state index contributed by atoms with van der Waals surface area (Å²) in [6.07, 6.45) is 7.61. The Hall–Kier alpha value is -7.16. The number of rotatable bonds is 11. The van der Waals surface area contributed by atoms with Crippen LogP contribution in [-0.4, -0.2) is 6.10 Å². The second kappa shape index (κ2) is 15.0. The van der Waals surface area contributed by atoms with Crippen LogP contribution in [0.5, 0.6) is 5.75 Å². The van der Waals surface area contributed by atoms with E-state index in [2.05, 4.69) is 194 Å². The summed E-state index contributed by atoms with van der Waals surface area (Å²) >= 11 is 0. The number of hydrogen-bond donors (Lipinski definition) is 0. The van der Waals surface area contributed by atoms with Crippen LogP contribution in [0.4, 0.5) is 11.4 Å². The third-order valence-electron chi connectivity index (χ3n) is 12.5. The van der Waals surface area contributed by atoms with Gasteiger partial charge >= 0.3 is 0 Å². The summed E-state index contributed by atoms with van der Waals surface area (Å²) in [4.78, 5) is 2.42. The van der Waals surface area contributed by atoms with Gasteiger partial charge < -0.3 is 9.64 Å². The maximum absolute atomic E-state index is 6.47. The van der Waals surface area contributed by atoms with E-state index in [1.807, 2.05) is 24.3 Å². The van der Waals surface area contributed by atoms with Crippen LogP contribution in [0.3, 0.4) is 0 Å². The Morgan fingerprint density at radius 3 is 1.98 bits per heavy atom. The first-order valence-electron chi connectivity index (χ1n) is 20.6. The van der Waals surface area contributed by atoms with E-state index in [0.29, 0.717) is 0 Å². The summed E-state index contributed by atoms with van der Waals surface area (Å²) in [7, 11) is 0. The predicted molar refractivity (Wildman–Crippen MR) is 248 cm³/mol. The van der Waals surface area contributed by atoms with Crippen LogP contribution < -0.4 is 9.64 Å². The number of ether oxygens (including phenoxy) is 1. The van der Waals surface area contributed by atoms with Gasteiger partial charge in [-0.05, 0) is 97.8 Å². The molecule has 2 nitrogen and oxygen atoms in total. The van der Waals surface area contributed by atoms with Gasteiger partial charge in [-0.25, -0.2) is 0 Å². The number of allylic oxidation sites excluding steroid dienone is 2. The van der Waals surface area contributed by atoms with Gasteiger partial charge in [0, 0.05) is 22.8 Å². The molecule has 0 saturated heterocycles. The fraction of sp³-hybridized carbons (Fsp3) is 0.0877. The average molecular weight is 760 g/mol. The fourth-order valence-corrected chi connectivity index (χ4v) is 9.83. The lowest BCUT2D eigenvalue weighted by Gasteiger charge is -2.35. The van der Waals surface area contributed by atoms with Crippen molar-refractivity contribution in [3.8, 4) is 16.9 Å². The normalized spacial score (nSPS) is 16.2. The van der Waals surface area contributed by atoms with E-state index in [4.69, 9.17) is 11.3 Å². The van der Waals surface area contributed by atoms with Crippen molar-refractivity contribution in [3.05, 3.63) is 259 Å². The number of benzene rings is 8. The molecular weight excluding hydrogens is 715 g/mol. The lowest BCUT2D eigenvalue weighted by Crippen LogP contribution is -2.28. The van der Waals surface area contributed by atoms with Gasteiger partial charge in [0.15, 0.2) is 0 Å². The lowest BCUT2D eigenvalue weighted by molar-refractivity contribution is 0.267. The van der Waals surface area contributed by atoms with Crippen molar-refractivity contribution in [1.82, 2.24) is 0 Å². The average Bonchev–Trinajstić information content (AvgIpc) is 3.83. The van der Waals surface area contributed by atoms with Gasteiger partial charge in [0.2, 0.25) is 0 Å². The zero-order valence-electron chi connectivity index (χ0n) is 33.1. The van der Waals surface area contributed by atoms with Crippen molar-refractivity contribution in [3.63, 3.8) is 0 Å². The Bertz CT molecular complexity index is 2900. The van der Waals surface area contributed by atoms with Crippen LogP contribution in [0.1, 0.15) is 46.6 Å². The van der Waals surface area contributed by atoms with E-state index in [1.165, 1.54) is 54.9 Å². The zero-order chi connectivity index (χ0) is 39.9. The van der Waals surface area contributed by atoms with Crippen molar-refractivity contribution in [2.24, 2.45) is 0 Å². The molecule has 0 spiro atoms. The smallest absolute Gasteiger partial charge is 0.128 e. The molecule has 2 unspecified atom stereocenters. The Balaban J connectivity index is 1.26. The molecule has 0 N–H and O–H groups in total. The van der Waals surface area contributed by atoms with Crippen molar-refractivity contribution < 1.29 is 4.74 Å². The van der Waals surface area contributed by atoms with E-state index in [1.54, 1.807) is 0 Å². The summed E-state index contributed by atoms with van der Waals surface area (Å²) in [5, 5.41) is 4.81. The number of hydrogen-bond acceptors (Lipinski definition) is 2. The minimum Gasteiger partial charge on any atom is -0.485 e. The van der Waals surface area contributed by atoms with Crippen LogP contribution >= 0.6 is 0 Å². The third kappa shape index (κ3) is 5.86. The quantitative estimate of drug-likeness (QED) is 0.0740. The molecule has 59 heavy (non-hydrogen) atoms. The number of nitrogens with zero attached hydrogens (tertiary/aromatic N) is 1. The molecule has 0 fully saturated rings. The summed E-state index contributed by atoms with van der Waals surface area (Å²) in [6, 6.07) is 66.3. The van der Waals surface area contributed by atoms with Crippen LogP contribution in [0.2, 0.25) is 0 Å². The molecule has 0 radical (unpaired) electrons. The van der Waals surface area contributed by atoms with E-state index in [-0.39, 0.29) is 12.0 Å². The molecule has 1 heterocycles. The molecule has 2 heteroatoms. The molecule has 10 rings (SSSR count). The zero-order valence-corrected chi connectivity index (χ0v) is 33.1. The molecule has 1 aliphatic heterocycles. The lowest BCUT2D eigenvalue weighted by atomic mass is 9.67. The van der Waals surface area contributed by atoms with Gasteiger partial charge in [-0.3, -0.25) is 0 Å². The highest BCUT2D eigenvalue weighted by molar-refractivity contribution is 6.14. The highest BCUT2D eigenvalue weighted by Gasteiger charge is 2.46. The molecule has 0 aromatic heterocycles. The largest absolute Gasteiger partial charge is 0.485 e. The molecule has 2 aliphatic rings. The predicted octanol–water partition coefficient (Wildman–Crippen LogP) is 14.6. The Morgan fingerprint density at radius 1 is 0.610 bits per heavy atom. The van der Waals surface area contributed by atoms with E-state index >= 15 is 0 Å². The van der Waals surface area contributed by atoms with Crippen molar-refractivity contribution in [2.45, 2.75) is 30.3 Å². The summed E-state index contributed by atoms with van der Waals surface area (Å²) in [5.74, 6) is 0.814. The number of para-hydroxylation sites is 1. The van der Waals surface area contributed by atoms with E-state index < -0.39 is 5.41 Å². The fourth-order valence-electron chi connectivity index (χ4n) is 9.83. The molecule has 1 aliphatic carbocycles. The summed E-state index contributed by atoms with van der Waals surface area (Å²) in [5.41, 5.74) is 12.5. The minimum atomic E-state index is -0.539. The van der Waals surface area contributed by atoms with Gasteiger partial charge in [-0.2, -0.15) is 0 Å². The maximum atomic E-state index is 6.47. The Labute approximate surface area is 347 Å². The standard InChI is InChI=1S/C57H45NO/c1-4-6-21-41(39(3)56-50-31-18-20-33-55(50)59-54(56)5-2)38-58(53-36-40-22-13-14-27-45(40)46-28-15-16-30-49(46)53)44-34-35-48-47-29-17-19-32-51(47)57(52(48)37-44,42-23-9-7-10-24-42)43-25-11-8-12-26-43/h4-5,7-20,22-38,54,56H,1-3,6,21H2/b41-38-. The van der Waals surface area contributed by atoms with Gasteiger partial charge in [-0.15, -0.1) is 6.58 Å². The monoisotopic (exact) mass is 759 g/mol. The number of anilines is 2. The molecule has 8 aromatic carbocycles. The van der Waals surface area contributed by atoms with Crippen LogP contribution in [0.25, 0.3) is 32.7 Å². The Kier molecular flexibility index (Phi) is 9.19. The van der Waals surface area contributed by atoms with Gasteiger partial charge in [0.1, 0.15) is 11.9 Å². The topological polar surface area (TPSA) is 12.5 Å².